The Morgan fingerprint density at radius 3 is 2.28 bits per heavy atom. The Morgan fingerprint density at radius 2 is 1.78 bits per heavy atom. The zero-order chi connectivity index (χ0) is 12.8. The summed E-state index contributed by atoms with van der Waals surface area (Å²) in [5, 5.41) is 0. The molecule has 0 spiro atoms. The molecule has 6 heteroatoms. The molecule has 0 aliphatic heterocycles. The van der Waals surface area contributed by atoms with Gasteiger partial charge in [0, 0.05) is 5.56 Å². The van der Waals surface area contributed by atoms with Crippen LogP contribution in [0.2, 0.25) is 0 Å². The first-order valence-corrected chi connectivity index (χ1v) is 5.34. The maximum atomic E-state index is 11.5. The minimum atomic E-state index is -0.744. The molecule has 1 atom stereocenters. The molecule has 5 nitrogen and oxygen atoms in total. The number of halogens is 1. The number of carbonyl (C=O) groups excluding carboxylic acids is 2. The van der Waals surface area contributed by atoms with Gasteiger partial charge < -0.3 is 10.6 Å². The second kappa shape index (κ2) is 7.68. The number of nitrogens with one attached hydrogen (secondary N) is 1. The molecule has 0 aliphatic rings. The van der Waals surface area contributed by atoms with Crippen molar-refractivity contribution in [3.63, 3.8) is 0 Å². The van der Waals surface area contributed by atoms with Crippen LogP contribution >= 0.6 is 12.4 Å². The summed E-state index contributed by atoms with van der Waals surface area (Å²) in [7, 11) is 0. The Morgan fingerprint density at radius 1 is 1.22 bits per heavy atom. The summed E-state index contributed by atoms with van der Waals surface area (Å²) in [6, 6.07) is 7.72. The maximum Gasteiger partial charge on any atom is 0.349 e. The van der Waals surface area contributed by atoms with Gasteiger partial charge in [0.05, 0.1) is 0 Å². The van der Waals surface area contributed by atoms with E-state index in [1.807, 2.05) is 0 Å². The van der Waals surface area contributed by atoms with Crippen LogP contribution in [0.4, 0.5) is 0 Å². The Balaban J connectivity index is 0.00000289. The van der Waals surface area contributed by atoms with Gasteiger partial charge in [-0.25, -0.2) is 4.79 Å². The number of hydrogen-bond donors (Lipinski definition) is 2. The maximum absolute atomic E-state index is 11.5. The summed E-state index contributed by atoms with van der Waals surface area (Å²) < 4.78 is 0. The molecule has 100 valence electrons. The fourth-order valence-electron chi connectivity index (χ4n) is 1.09. The van der Waals surface area contributed by atoms with Gasteiger partial charge in [-0.15, -0.1) is 12.4 Å². The van der Waals surface area contributed by atoms with Crippen LogP contribution < -0.4 is 11.2 Å². The van der Waals surface area contributed by atoms with E-state index in [0.29, 0.717) is 5.56 Å². The topological polar surface area (TPSA) is 81.4 Å². The normalized spacial score (nSPS) is 11.3. The van der Waals surface area contributed by atoms with Gasteiger partial charge in [-0.1, -0.05) is 32.0 Å². The van der Waals surface area contributed by atoms with Crippen LogP contribution in [0.3, 0.4) is 0 Å². The molecule has 0 saturated carbocycles. The highest BCUT2D eigenvalue weighted by atomic mass is 35.5. The molecule has 0 radical (unpaired) electrons. The lowest BCUT2D eigenvalue weighted by Gasteiger charge is -2.13. The van der Waals surface area contributed by atoms with Crippen molar-refractivity contribution < 1.29 is 14.4 Å². The third-order valence-corrected chi connectivity index (χ3v) is 2.27. The molecule has 0 aliphatic carbocycles. The van der Waals surface area contributed by atoms with Crippen molar-refractivity contribution >= 4 is 24.3 Å². The van der Waals surface area contributed by atoms with Gasteiger partial charge in [0.25, 0.3) is 5.91 Å². The second-order valence-electron chi connectivity index (χ2n) is 3.99. The summed E-state index contributed by atoms with van der Waals surface area (Å²) in [6.45, 7) is 3.59. The number of hydroxylamine groups is 1. The smallest absolute Gasteiger partial charge is 0.339 e. The quantitative estimate of drug-likeness (QED) is 0.812. The van der Waals surface area contributed by atoms with Gasteiger partial charge in [0.1, 0.15) is 6.04 Å². The number of hydrogen-bond acceptors (Lipinski definition) is 4. The molecular weight excluding hydrogens is 256 g/mol. The first-order chi connectivity index (χ1) is 8.02. The minimum Gasteiger partial charge on any atom is -0.339 e. The molecule has 1 unspecified atom stereocenters. The van der Waals surface area contributed by atoms with Crippen LogP contribution in [-0.2, 0) is 9.63 Å². The molecule has 0 fully saturated rings. The highest BCUT2D eigenvalue weighted by Gasteiger charge is 2.20. The van der Waals surface area contributed by atoms with Crippen molar-refractivity contribution in [1.82, 2.24) is 5.48 Å². The molecule has 0 aromatic heterocycles. The first-order valence-electron chi connectivity index (χ1n) is 5.34. The molecule has 1 aromatic rings. The fraction of sp³-hybridized carbons (Fsp3) is 0.333. The van der Waals surface area contributed by atoms with E-state index in [-0.39, 0.29) is 18.3 Å². The molecule has 1 aromatic carbocycles. The number of rotatable bonds is 3. The Labute approximate surface area is 112 Å². The summed E-state index contributed by atoms with van der Waals surface area (Å²) in [5.74, 6) is -1.17. The van der Waals surface area contributed by atoms with E-state index in [1.54, 1.807) is 44.2 Å². The lowest BCUT2D eigenvalue weighted by atomic mass is 10.1. The average Bonchev–Trinajstić information content (AvgIpc) is 2.35. The summed E-state index contributed by atoms with van der Waals surface area (Å²) in [5.41, 5.74) is 8.04. The van der Waals surface area contributed by atoms with E-state index < -0.39 is 17.9 Å². The van der Waals surface area contributed by atoms with E-state index in [0.717, 1.165) is 0 Å². The average molecular weight is 273 g/mol. The predicted molar refractivity (Wildman–Crippen MR) is 70.1 cm³/mol. The zero-order valence-corrected chi connectivity index (χ0v) is 11.1. The van der Waals surface area contributed by atoms with Crippen molar-refractivity contribution in [1.29, 1.82) is 0 Å². The third-order valence-electron chi connectivity index (χ3n) is 2.27. The summed E-state index contributed by atoms with van der Waals surface area (Å²) in [4.78, 5) is 27.5. The third kappa shape index (κ3) is 4.73. The first kappa shape index (κ1) is 16.4. The van der Waals surface area contributed by atoms with Crippen LogP contribution in [0.1, 0.15) is 24.2 Å². The Hall–Kier alpha value is -1.59. The van der Waals surface area contributed by atoms with E-state index in [1.165, 1.54) is 0 Å². The number of nitrogens with two attached hydrogens (primary N) is 1. The van der Waals surface area contributed by atoms with Crippen LogP contribution in [0.15, 0.2) is 30.3 Å². The second-order valence-corrected chi connectivity index (χ2v) is 3.99. The van der Waals surface area contributed by atoms with E-state index >= 15 is 0 Å². The van der Waals surface area contributed by atoms with Crippen molar-refractivity contribution in [2.75, 3.05) is 0 Å². The van der Waals surface area contributed by atoms with E-state index in [2.05, 4.69) is 10.3 Å². The molecule has 0 heterocycles. The number of benzene rings is 1. The standard InChI is InChI=1S/C12H16N2O3.ClH/c1-8(2)10(13)12(16)17-14-11(15)9-6-4-3-5-7-9;/h3-8,10H,13H2,1-2H3,(H,14,15);1H. The molecular formula is C12H17ClN2O3. The summed E-state index contributed by atoms with van der Waals surface area (Å²) in [6.07, 6.45) is 0. The molecule has 3 N–H and O–H groups in total. The zero-order valence-electron chi connectivity index (χ0n) is 10.3. The van der Waals surface area contributed by atoms with Gasteiger partial charge in [0.2, 0.25) is 0 Å². The monoisotopic (exact) mass is 272 g/mol. The lowest BCUT2D eigenvalue weighted by Crippen LogP contribution is -2.41. The highest BCUT2D eigenvalue weighted by molar-refractivity contribution is 5.94. The Kier molecular flexibility index (Phi) is 7.00. The van der Waals surface area contributed by atoms with E-state index in [4.69, 9.17) is 5.73 Å². The molecule has 18 heavy (non-hydrogen) atoms. The van der Waals surface area contributed by atoms with E-state index in [9.17, 15) is 9.59 Å². The Bertz CT molecular complexity index is 396. The largest absolute Gasteiger partial charge is 0.349 e. The van der Waals surface area contributed by atoms with Crippen LogP contribution in [0.5, 0.6) is 0 Å². The summed E-state index contributed by atoms with van der Waals surface area (Å²) >= 11 is 0. The lowest BCUT2D eigenvalue weighted by molar-refractivity contribution is -0.151. The molecule has 0 saturated heterocycles. The van der Waals surface area contributed by atoms with Gasteiger partial charge in [-0.3, -0.25) is 4.79 Å². The van der Waals surface area contributed by atoms with Crippen molar-refractivity contribution in [2.24, 2.45) is 11.7 Å². The van der Waals surface area contributed by atoms with Gasteiger partial charge in [-0.2, -0.15) is 5.48 Å². The van der Waals surface area contributed by atoms with Crippen molar-refractivity contribution in [3.05, 3.63) is 35.9 Å². The molecule has 1 amide bonds. The van der Waals surface area contributed by atoms with Crippen LogP contribution in [0.25, 0.3) is 0 Å². The van der Waals surface area contributed by atoms with Crippen molar-refractivity contribution in [2.45, 2.75) is 19.9 Å². The minimum absolute atomic E-state index is 0. The number of carbonyl (C=O) groups is 2. The molecule has 0 bridgehead atoms. The fourth-order valence-corrected chi connectivity index (χ4v) is 1.09. The van der Waals surface area contributed by atoms with Gasteiger partial charge in [-0.05, 0) is 18.1 Å². The van der Waals surface area contributed by atoms with Crippen LogP contribution in [-0.4, -0.2) is 17.9 Å². The SMILES string of the molecule is CC(C)C(N)C(=O)ONC(=O)c1ccccc1.Cl. The van der Waals surface area contributed by atoms with Gasteiger partial charge >= 0.3 is 5.97 Å². The van der Waals surface area contributed by atoms with Gasteiger partial charge in [0.15, 0.2) is 0 Å². The number of amides is 1. The molecule has 1 rings (SSSR count). The van der Waals surface area contributed by atoms with Crippen molar-refractivity contribution in [3.8, 4) is 0 Å². The predicted octanol–water partition coefficient (Wildman–Crippen LogP) is 1.28. The highest BCUT2D eigenvalue weighted by Crippen LogP contribution is 2.01. The van der Waals surface area contributed by atoms with Crippen LogP contribution in [0, 0.1) is 5.92 Å².